The van der Waals surface area contributed by atoms with Gasteiger partial charge in [0, 0.05) is 13.1 Å². The van der Waals surface area contributed by atoms with Gasteiger partial charge in [0.25, 0.3) is 0 Å². The van der Waals surface area contributed by atoms with Crippen LogP contribution in [0.2, 0.25) is 0 Å². The van der Waals surface area contributed by atoms with E-state index in [4.69, 9.17) is 0 Å². The second kappa shape index (κ2) is 11.1. The van der Waals surface area contributed by atoms with Gasteiger partial charge >= 0.3 is 0 Å². The van der Waals surface area contributed by atoms with Crippen LogP contribution in [0.3, 0.4) is 0 Å². The zero-order chi connectivity index (χ0) is 17.0. The first-order valence-corrected chi connectivity index (χ1v) is 9.56. The van der Waals surface area contributed by atoms with Gasteiger partial charge in [-0.1, -0.05) is 37.3 Å². The molecule has 1 aromatic carbocycles. The largest absolute Gasteiger partial charge is 0.357 e. The first-order chi connectivity index (χ1) is 11.8. The molecule has 1 aliphatic rings. The molecule has 134 valence electrons. The number of hydrogen-bond acceptors (Lipinski definition) is 2. The van der Waals surface area contributed by atoms with Gasteiger partial charge in [0.1, 0.15) is 0 Å². The van der Waals surface area contributed by atoms with Crippen molar-refractivity contribution in [3.63, 3.8) is 0 Å². The zero-order valence-corrected chi connectivity index (χ0v) is 15.4. The first-order valence-electron chi connectivity index (χ1n) is 9.56. The third-order valence-corrected chi connectivity index (χ3v) is 4.68. The summed E-state index contributed by atoms with van der Waals surface area (Å²) in [4.78, 5) is 7.28. The van der Waals surface area contributed by atoms with E-state index in [0.717, 1.165) is 31.5 Å². The van der Waals surface area contributed by atoms with Crippen molar-refractivity contribution in [2.24, 2.45) is 10.9 Å². The van der Waals surface area contributed by atoms with Crippen molar-refractivity contribution in [3.8, 4) is 0 Å². The van der Waals surface area contributed by atoms with Crippen LogP contribution in [-0.4, -0.2) is 43.6 Å². The first kappa shape index (κ1) is 18.8. The average molecular weight is 331 g/mol. The molecule has 2 rings (SSSR count). The summed E-state index contributed by atoms with van der Waals surface area (Å²) in [6.45, 7) is 10.9. The molecule has 0 spiro atoms. The van der Waals surface area contributed by atoms with Crippen LogP contribution in [0, 0.1) is 5.92 Å². The van der Waals surface area contributed by atoms with E-state index in [9.17, 15) is 0 Å². The summed E-state index contributed by atoms with van der Waals surface area (Å²) in [5.41, 5.74) is 1.24. The fourth-order valence-electron chi connectivity index (χ4n) is 3.05. The van der Waals surface area contributed by atoms with Crippen LogP contribution in [0.4, 0.5) is 0 Å². The molecule has 0 saturated carbocycles. The van der Waals surface area contributed by atoms with E-state index < -0.39 is 0 Å². The molecule has 0 amide bonds. The van der Waals surface area contributed by atoms with Crippen molar-refractivity contribution in [2.45, 2.75) is 46.1 Å². The lowest BCUT2D eigenvalue weighted by molar-refractivity contribution is 0.189. The Morgan fingerprint density at radius 2 is 1.88 bits per heavy atom. The Balaban J connectivity index is 1.62. The maximum atomic E-state index is 4.66. The minimum Gasteiger partial charge on any atom is -0.357 e. The van der Waals surface area contributed by atoms with E-state index >= 15 is 0 Å². The average Bonchev–Trinajstić information content (AvgIpc) is 2.62. The maximum absolute atomic E-state index is 4.66. The molecule has 1 fully saturated rings. The van der Waals surface area contributed by atoms with Crippen LogP contribution in [0.25, 0.3) is 0 Å². The Hall–Kier alpha value is -1.55. The molecule has 0 unspecified atom stereocenters. The van der Waals surface area contributed by atoms with Crippen molar-refractivity contribution in [2.75, 3.05) is 32.7 Å². The van der Waals surface area contributed by atoms with Crippen molar-refractivity contribution >= 4 is 5.96 Å². The second-order valence-electron chi connectivity index (χ2n) is 6.84. The number of benzene rings is 1. The number of guanidine groups is 1. The van der Waals surface area contributed by atoms with Crippen molar-refractivity contribution in [1.29, 1.82) is 0 Å². The number of piperidine rings is 1. The van der Waals surface area contributed by atoms with Gasteiger partial charge in [-0.3, -0.25) is 0 Å². The van der Waals surface area contributed by atoms with Gasteiger partial charge in [0.2, 0.25) is 0 Å². The highest BCUT2D eigenvalue weighted by molar-refractivity contribution is 5.79. The minimum atomic E-state index is 0.724. The highest BCUT2D eigenvalue weighted by Crippen LogP contribution is 2.15. The molecule has 0 atom stereocenters. The SMILES string of the molecule is CCNC(=NCc1ccccc1)NCCCCN1CCC(C)CC1. The second-order valence-corrected chi connectivity index (χ2v) is 6.84. The van der Waals surface area contributed by atoms with Crippen LogP contribution < -0.4 is 10.6 Å². The van der Waals surface area contributed by atoms with Gasteiger partial charge in [-0.2, -0.15) is 0 Å². The molecule has 1 aromatic rings. The van der Waals surface area contributed by atoms with Gasteiger partial charge in [0.05, 0.1) is 6.54 Å². The lowest BCUT2D eigenvalue weighted by Crippen LogP contribution is -2.38. The number of nitrogens with one attached hydrogen (secondary N) is 2. The summed E-state index contributed by atoms with van der Waals surface area (Å²) in [7, 11) is 0. The lowest BCUT2D eigenvalue weighted by atomic mass is 9.99. The number of likely N-dealkylation sites (tertiary alicyclic amines) is 1. The number of nitrogens with zero attached hydrogens (tertiary/aromatic N) is 2. The Kier molecular flexibility index (Phi) is 8.67. The topological polar surface area (TPSA) is 39.7 Å². The van der Waals surface area contributed by atoms with E-state index in [0.29, 0.717) is 0 Å². The normalized spacial score (nSPS) is 17.0. The standard InChI is InChI=1S/C20H34N4/c1-3-21-20(23-17-19-9-5-4-6-10-19)22-13-7-8-14-24-15-11-18(2)12-16-24/h4-6,9-10,18H,3,7-8,11-17H2,1-2H3,(H2,21,22,23). The molecule has 1 heterocycles. The molecular weight excluding hydrogens is 296 g/mol. The fraction of sp³-hybridized carbons (Fsp3) is 0.650. The Morgan fingerprint density at radius 1 is 1.12 bits per heavy atom. The van der Waals surface area contributed by atoms with Crippen LogP contribution in [-0.2, 0) is 6.54 Å². The van der Waals surface area contributed by atoms with Gasteiger partial charge in [-0.15, -0.1) is 0 Å². The zero-order valence-electron chi connectivity index (χ0n) is 15.4. The molecule has 1 aliphatic heterocycles. The van der Waals surface area contributed by atoms with Gasteiger partial charge in [0.15, 0.2) is 5.96 Å². The molecule has 4 nitrogen and oxygen atoms in total. The van der Waals surface area contributed by atoms with Crippen LogP contribution in [0.15, 0.2) is 35.3 Å². The minimum absolute atomic E-state index is 0.724. The number of unbranched alkanes of at least 4 members (excludes halogenated alkanes) is 1. The van der Waals surface area contributed by atoms with Crippen LogP contribution >= 0.6 is 0 Å². The van der Waals surface area contributed by atoms with Gasteiger partial charge < -0.3 is 15.5 Å². The monoisotopic (exact) mass is 330 g/mol. The molecule has 4 heteroatoms. The molecular formula is C20H34N4. The number of hydrogen-bond donors (Lipinski definition) is 2. The van der Waals surface area contributed by atoms with E-state index in [1.807, 2.05) is 6.07 Å². The number of aliphatic imine (C=N–C) groups is 1. The Labute approximate surface area is 147 Å². The van der Waals surface area contributed by atoms with Crippen molar-refractivity contribution in [3.05, 3.63) is 35.9 Å². The van der Waals surface area contributed by atoms with E-state index in [1.54, 1.807) is 0 Å². The molecule has 0 bridgehead atoms. The quantitative estimate of drug-likeness (QED) is 0.437. The van der Waals surface area contributed by atoms with E-state index in [1.165, 1.54) is 50.9 Å². The highest BCUT2D eigenvalue weighted by Gasteiger charge is 2.14. The Morgan fingerprint density at radius 3 is 2.58 bits per heavy atom. The molecule has 0 aromatic heterocycles. The summed E-state index contributed by atoms with van der Waals surface area (Å²) in [5, 5.41) is 6.78. The van der Waals surface area contributed by atoms with Crippen molar-refractivity contribution in [1.82, 2.24) is 15.5 Å². The third-order valence-electron chi connectivity index (χ3n) is 4.68. The number of rotatable bonds is 8. The molecule has 0 aliphatic carbocycles. The lowest BCUT2D eigenvalue weighted by Gasteiger charge is -2.30. The third kappa shape index (κ3) is 7.35. The summed E-state index contributed by atoms with van der Waals surface area (Å²) in [5.74, 6) is 1.85. The molecule has 24 heavy (non-hydrogen) atoms. The summed E-state index contributed by atoms with van der Waals surface area (Å²) in [6.07, 6.45) is 5.20. The predicted molar refractivity (Wildman–Crippen MR) is 103 cm³/mol. The van der Waals surface area contributed by atoms with Crippen LogP contribution in [0.5, 0.6) is 0 Å². The van der Waals surface area contributed by atoms with Gasteiger partial charge in [-0.25, -0.2) is 4.99 Å². The molecule has 2 N–H and O–H groups in total. The Bertz CT molecular complexity index is 464. The molecule has 0 radical (unpaired) electrons. The fourth-order valence-corrected chi connectivity index (χ4v) is 3.05. The van der Waals surface area contributed by atoms with E-state index in [2.05, 4.69) is 58.6 Å². The van der Waals surface area contributed by atoms with Crippen molar-refractivity contribution < 1.29 is 0 Å². The van der Waals surface area contributed by atoms with E-state index in [-0.39, 0.29) is 0 Å². The van der Waals surface area contributed by atoms with Gasteiger partial charge in [-0.05, 0) is 63.7 Å². The predicted octanol–water partition coefficient (Wildman–Crippen LogP) is 3.25. The maximum Gasteiger partial charge on any atom is 0.191 e. The summed E-state index contributed by atoms with van der Waals surface area (Å²) in [6, 6.07) is 10.4. The highest BCUT2D eigenvalue weighted by atomic mass is 15.2. The summed E-state index contributed by atoms with van der Waals surface area (Å²) >= 11 is 0. The smallest absolute Gasteiger partial charge is 0.191 e. The van der Waals surface area contributed by atoms with Crippen LogP contribution in [0.1, 0.15) is 45.1 Å². The summed E-state index contributed by atoms with van der Waals surface area (Å²) < 4.78 is 0. The molecule has 1 saturated heterocycles.